The molecule has 2 heteroatoms. The van der Waals surface area contributed by atoms with Gasteiger partial charge in [0.15, 0.2) is 0 Å². The van der Waals surface area contributed by atoms with Gasteiger partial charge in [-0.15, -0.1) is 0 Å². The summed E-state index contributed by atoms with van der Waals surface area (Å²) in [4.78, 5) is 0. The molecule has 42 valence electrons. The Morgan fingerprint density at radius 1 is 1.71 bits per heavy atom. The molecule has 0 amide bonds. The van der Waals surface area contributed by atoms with Crippen molar-refractivity contribution in [1.82, 2.24) is 5.32 Å². The van der Waals surface area contributed by atoms with E-state index in [1.165, 1.54) is 0 Å². The van der Waals surface area contributed by atoms with Crippen LogP contribution in [0.3, 0.4) is 0 Å². The third-order valence-electron chi connectivity index (χ3n) is 1.38. The van der Waals surface area contributed by atoms with E-state index in [1.807, 2.05) is 0 Å². The Morgan fingerprint density at radius 3 is 2.57 bits per heavy atom. The highest BCUT2D eigenvalue weighted by Crippen LogP contribution is 2.07. The zero-order valence-electron chi connectivity index (χ0n) is 4.65. The van der Waals surface area contributed by atoms with Crippen LogP contribution in [-0.4, -0.2) is 12.7 Å². The second-order valence-electron chi connectivity index (χ2n) is 2.36. The van der Waals surface area contributed by atoms with Crippen LogP contribution in [0.25, 0.3) is 0 Å². The molecule has 1 unspecified atom stereocenters. The molecule has 0 aromatic heterocycles. The molecule has 0 spiro atoms. The predicted octanol–water partition coefficient (Wildman–Crippen LogP) is -0.0994. The predicted molar refractivity (Wildman–Crippen MR) is 29.8 cm³/mol. The second kappa shape index (κ2) is 1.80. The number of nitrogens with one attached hydrogen (secondary N) is 1. The molecule has 0 aromatic rings. The van der Waals surface area contributed by atoms with Crippen molar-refractivity contribution in [3.05, 3.63) is 0 Å². The third kappa shape index (κ3) is 1.14. The first kappa shape index (κ1) is 5.06. The Kier molecular flexibility index (Phi) is 1.30. The topological polar surface area (TPSA) is 38.0 Å². The van der Waals surface area contributed by atoms with E-state index in [0.717, 1.165) is 18.9 Å². The molecule has 0 radical (unpaired) electrons. The van der Waals surface area contributed by atoms with Crippen molar-refractivity contribution in [3.8, 4) is 0 Å². The van der Waals surface area contributed by atoms with Crippen molar-refractivity contribution < 1.29 is 0 Å². The monoisotopic (exact) mass is 100 g/mol. The van der Waals surface area contributed by atoms with E-state index in [2.05, 4.69) is 12.2 Å². The summed E-state index contributed by atoms with van der Waals surface area (Å²) in [6, 6.07) is 0. The van der Waals surface area contributed by atoms with Gasteiger partial charge >= 0.3 is 0 Å². The Morgan fingerprint density at radius 2 is 2.43 bits per heavy atom. The summed E-state index contributed by atoms with van der Waals surface area (Å²) in [7, 11) is 0. The minimum atomic E-state index is 0.273. The summed E-state index contributed by atoms with van der Waals surface area (Å²) in [5.41, 5.74) is 5.51. The third-order valence-corrected chi connectivity index (χ3v) is 1.38. The fourth-order valence-electron chi connectivity index (χ4n) is 0.953. The van der Waals surface area contributed by atoms with E-state index >= 15 is 0 Å². The molecule has 1 heterocycles. The van der Waals surface area contributed by atoms with Gasteiger partial charge in [-0.2, -0.15) is 0 Å². The molecule has 0 aliphatic carbocycles. The van der Waals surface area contributed by atoms with E-state index in [1.54, 1.807) is 0 Å². The van der Waals surface area contributed by atoms with Gasteiger partial charge in [-0.3, -0.25) is 0 Å². The van der Waals surface area contributed by atoms with Crippen molar-refractivity contribution in [2.24, 2.45) is 11.7 Å². The van der Waals surface area contributed by atoms with Gasteiger partial charge in [0.25, 0.3) is 0 Å². The number of rotatable bonds is 0. The first-order chi connectivity index (χ1) is 3.29. The van der Waals surface area contributed by atoms with Crippen LogP contribution in [0.4, 0.5) is 0 Å². The average Bonchev–Trinajstić information content (AvgIpc) is 1.87. The van der Waals surface area contributed by atoms with Crippen molar-refractivity contribution in [3.63, 3.8) is 0 Å². The van der Waals surface area contributed by atoms with Gasteiger partial charge in [-0.05, 0) is 18.9 Å². The summed E-state index contributed by atoms with van der Waals surface area (Å²) < 4.78 is 0. The zero-order valence-corrected chi connectivity index (χ0v) is 4.65. The molecule has 2 nitrogen and oxygen atoms in total. The number of nitrogens with two attached hydrogens (primary N) is 1. The average molecular weight is 100 g/mol. The Bertz CT molecular complexity index is 55.1. The molecule has 0 saturated carbocycles. The lowest BCUT2D eigenvalue weighted by atomic mass is 10.1. The quantitative estimate of drug-likeness (QED) is 0.446. The molecule has 7 heavy (non-hydrogen) atoms. The molecule has 1 saturated heterocycles. The first-order valence-corrected chi connectivity index (χ1v) is 2.78. The van der Waals surface area contributed by atoms with E-state index in [-0.39, 0.29) is 6.17 Å². The van der Waals surface area contributed by atoms with Gasteiger partial charge in [-0.1, -0.05) is 6.92 Å². The van der Waals surface area contributed by atoms with Crippen LogP contribution in [0.5, 0.6) is 0 Å². The first-order valence-electron chi connectivity index (χ1n) is 2.78. The van der Waals surface area contributed by atoms with Crippen LogP contribution in [0.1, 0.15) is 13.3 Å². The summed E-state index contributed by atoms with van der Waals surface area (Å²) in [5.74, 6) is 0.787. The van der Waals surface area contributed by atoms with Crippen molar-refractivity contribution in [1.29, 1.82) is 0 Å². The highest BCUT2D eigenvalue weighted by atomic mass is 15.0. The van der Waals surface area contributed by atoms with Crippen LogP contribution >= 0.6 is 0 Å². The van der Waals surface area contributed by atoms with Crippen LogP contribution in [0.15, 0.2) is 0 Å². The van der Waals surface area contributed by atoms with Crippen LogP contribution in [0.2, 0.25) is 0 Å². The molecular formula is C5H12N2. The van der Waals surface area contributed by atoms with Crippen LogP contribution in [0, 0.1) is 5.92 Å². The minimum Gasteiger partial charge on any atom is -0.316 e. The smallest absolute Gasteiger partial charge is 0.0549 e. The SMILES string of the molecule is C[C@@H]1CNC(N)C1. The largest absolute Gasteiger partial charge is 0.316 e. The highest BCUT2D eigenvalue weighted by molar-refractivity contribution is 4.73. The number of hydrogen-bond donors (Lipinski definition) is 2. The lowest BCUT2D eigenvalue weighted by Gasteiger charge is -1.96. The standard InChI is InChI=1S/C5H12N2/c1-4-2-5(6)7-3-4/h4-5,7H,2-3,6H2,1H3/t4-,5?/m0/s1. The Hall–Kier alpha value is -0.0800. The minimum absolute atomic E-state index is 0.273. The van der Waals surface area contributed by atoms with Crippen molar-refractivity contribution in [2.75, 3.05) is 6.54 Å². The molecule has 2 atom stereocenters. The normalized spacial score (nSPS) is 42.0. The van der Waals surface area contributed by atoms with Gasteiger partial charge in [0.1, 0.15) is 0 Å². The lowest BCUT2D eigenvalue weighted by molar-refractivity contribution is 0.604. The van der Waals surface area contributed by atoms with Crippen LogP contribution < -0.4 is 11.1 Å². The van der Waals surface area contributed by atoms with E-state index in [9.17, 15) is 0 Å². The maximum Gasteiger partial charge on any atom is 0.0549 e. The molecule has 1 aliphatic rings. The Labute approximate surface area is 44.1 Å². The van der Waals surface area contributed by atoms with E-state index in [4.69, 9.17) is 5.73 Å². The maximum absolute atomic E-state index is 5.51. The van der Waals surface area contributed by atoms with E-state index in [0.29, 0.717) is 0 Å². The van der Waals surface area contributed by atoms with Crippen molar-refractivity contribution in [2.45, 2.75) is 19.5 Å². The van der Waals surface area contributed by atoms with Crippen molar-refractivity contribution >= 4 is 0 Å². The molecule has 1 aliphatic heterocycles. The fourth-order valence-corrected chi connectivity index (χ4v) is 0.953. The molecule has 3 N–H and O–H groups in total. The Balaban J connectivity index is 2.26. The van der Waals surface area contributed by atoms with Gasteiger partial charge in [0, 0.05) is 0 Å². The molecule has 0 aromatic carbocycles. The van der Waals surface area contributed by atoms with Gasteiger partial charge in [0.2, 0.25) is 0 Å². The summed E-state index contributed by atoms with van der Waals surface area (Å²) >= 11 is 0. The van der Waals surface area contributed by atoms with Gasteiger partial charge < -0.3 is 11.1 Å². The zero-order chi connectivity index (χ0) is 5.28. The fraction of sp³-hybridized carbons (Fsp3) is 1.00. The molecule has 1 fully saturated rings. The molecular weight excluding hydrogens is 88.1 g/mol. The second-order valence-corrected chi connectivity index (χ2v) is 2.36. The summed E-state index contributed by atoms with van der Waals surface area (Å²) in [5, 5.41) is 3.15. The summed E-state index contributed by atoms with van der Waals surface area (Å²) in [6.07, 6.45) is 1.41. The van der Waals surface area contributed by atoms with Crippen LogP contribution in [-0.2, 0) is 0 Å². The summed E-state index contributed by atoms with van der Waals surface area (Å²) in [6.45, 7) is 3.31. The lowest BCUT2D eigenvalue weighted by Crippen LogP contribution is -2.30. The molecule has 0 bridgehead atoms. The highest BCUT2D eigenvalue weighted by Gasteiger charge is 2.15. The van der Waals surface area contributed by atoms with E-state index < -0.39 is 0 Å². The van der Waals surface area contributed by atoms with Gasteiger partial charge in [0.05, 0.1) is 6.17 Å². The molecule has 1 rings (SSSR count). The number of hydrogen-bond acceptors (Lipinski definition) is 2. The van der Waals surface area contributed by atoms with Gasteiger partial charge in [-0.25, -0.2) is 0 Å². The maximum atomic E-state index is 5.51.